The molecule has 3 rings (SSSR count). The van der Waals surface area contributed by atoms with E-state index in [9.17, 15) is 9.18 Å². The molecule has 0 atom stereocenters. The summed E-state index contributed by atoms with van der Waals surface area (Å²) in [6, 6.07) is 7.84. The Morgan fingerprint density at radius 3 is 2.86 bits per heavy atom. The van der Waals surface area contributed by atoms with E-state index in [0.29, 0.717) is 32.4 Å². The summed E-state index contributed by atoms with van der Waals surface area (Å²) in [6.07, 6.45) is 1.32. The standard InChI is InChI=1S/C14H10BrFN4O/c15-9-2-1-7(3-10(9)16)20-13-5-12-8(4-11(13)17)14(21)19-6-18-12/h1-6,20H,17H2,(H,18,19,21). The Bertz CT molecular complexity index is 894. The molecule has 0 aliphatic carbocycles. The van der Waals surface area contributed by atoms with Crippen LogP contribution >= 0.6 is 15.9 Å². The smallest absolute Gasteiger partial charge is 0.258 e. The average molecular weight is 349 g/mol. The number of aromatic amines is 1. The molecule has 0 spiro atoms. The quantitative estimate of drug-likeness (QED) is 0.621. The molecule has 21 heavy (non-hydrogen) atoms. The van der Waals surface area contributed by atoms with E-state index in [0.717, 1.165) is 0 Å². The number of halogens is 2. The molecule has 0 bridgehead atoms. The SMILES string of the molecule is Nc1cc2c(=O)[nH]cnc2cc1Nc1ccc(Br)c(F)c1. The van der Waals surface area contributed by atoms with Gasteiger partial charge in [-0.05, 0) is 46.3 Å². The lowest BCUT2D eigenvalue weighted by molar-refractivity contribution is 0.622. The van der Waals surface area contributed by atoms with Crippen LogP contribution in [0.1, 0.15) is 0 Å². The van der Waals surface area contributed by atoms with Crippen LogP contribution in [0.25, 0.3) is 10.9 Å². The number of rotatable bonds is 2. The predicted octanol–water partition coefficient (Wildman–Crippen LogP) is 3.15. The minimum Gasteiger partial charge on any atom is -0.397 e. The van der Waals surface area contributed by atoms with E-state index in [2.05, 4.69) is 31.2 Å². The van der Waals surface area contributed by atoms with Crippen LogP contribution < -0.4 is 16.6 Å². The van der Waals surface area contributed by atoms with Gasteiger partial charge in [0.15, 0.2) is 0 Å². The fourth-order valence-electron chi connectivity index (χ4n) is 1.97. The minimum absolute atomic E-state index is 0.257. The summed E-state index contributed by atoms with van der Waals surface area (Å²) < 4.78 is 13.9. The predicted molar refractivity (Wildman–Crippen MR) is 84.2 cm³/mol. The number of hydrogen-bond acceptors (Lipinski definition) is 4. The number of aromatic nitrogens is 2. The highest BCUT2D eigenvalue weighted by atomic mass is 79.9. The molecule has 1 heterocycles. The number of nitrogens with one attached hydrogen (secondary N) is 2. The van der Waals surface area contributed by atoms with Crippen LogP contribution in [0.15, 0.2) is 45.9 Å². The molecule has 0 saturated carbocycles. The molecule has 4 N–H and O–H groups in total. The first kappa shape index (κ1) is 13.6. The normalized spacial score (nSPS) is 10.8. The van der Waals surface area contributed by atoms with E-state index in [1.807, 2.05) is 0 Å². The van der Waals surface area contributed by atoms with Crippen molar-refractivity contribution in [2.75, 3.05) is 11.1 Å². The molecule has 7 heteroatoms. The van der Waals surface area contributed by atoms with Gasteiger partial charge in [0.05, 0.1) is 33.1 Å². The molecular weight excluding hydrogens is 339 g/mol. The number of H-pyrrole nitrogens is 1. The summed E-state index contributed by atoms with van der Waals surface area (Å²) in [5, 5.41) is 3.42. The molecule has 3 aromatic rings. The van der Waals surface area contributed by atoms with Crippen molar-refractivity contribution in [1.82, 2.24) is 9.97 Å². The number of fused-ring (bicyclic) bond motifs is 1. The van der Waals surface area contributed by atoms with E-state index in [4.69, 9.17) is 5.73 Å². The molecule has 1 aromatic heterocycles. The second-order valence-corrected chi connectivity index (χ2v) is 5.30. The molecule has 106 valence electrons. The van der Waals surface area contributed by atoms with E-state index in [1.54, 1.807) is 24.3 Å². The number of anilines is 3. The van der Waals surface area contributed by atoms with E-state index >= 15 is 0 Å². The van der Waals surface area contributed by atoms with Gasteiger partial charge in [0.1, 0.15) is 5.82 Å². The van der Waals surface area contributed by atoms with Gasteiger partial charge in [0.25, 0.3) is 5.56 Å². The number of nitrogens with two attached hydrogens (primary N) is 1. The molecule has 0 aliphatic rings. The second-order valence-electron chi connectivity index (χ2n) is 4.44. The Kier molecular flexibility index (Phi) is 3.34. The molecule has 0 saturated heterocycles. The van der Waals surface area contributed by atoms with Crippen molar-refractivity contribution in [1.29, 1.82) is 0 Å². The molecule has 0 radical (unpaired) electrons. The Morgan fingerprint density at radius 1 is 1.29 bits per heavy atom. The molecule has 2 aromatic carbocycles. The van der Waals surface area contributed by atoms with Crippen molar-refractivity contribution in [2.45, 2.75) is 0 Å². The Labute approximate surface area is 127 Å². The fourth-order valence-corrected chi connectivity index (χ4v) is 2.22. The third-order valence-electron chi connectivity index (χ3n) is 3.01. The summed E-state index contributed by atoms with van der Waals surface area (Å²) >= 11 is 3.09. The van der Waals surface area contributed by atoms with Crippen LogP contribution in [0, 0.1) is 5.82 Å². The molecule has 0 fully saturated rings. The maximum atomic E-state index is 13.5. The van der Waals surface area contributed by atoms with Gasteiger partial charge in [-0.2, -0.15) is 0 Å². The van der Waals surface area contributed by atoms with Gasteiger partial charge < -0.3 is 16.0 Å². The van der Waals surface area contributed by atoms with Crippen LogP contribution in [0.5, 0.6) is 0 Å². The molecular formula is C14H10BrFN4O. The topological polar surface area (TPSA) is 83.8 Å². The van der Waals surface area contributed by atoms with E-state index < -0.39 is 0 Å². The van der Waals surface area contributed by atoms with Crippen LogP contribution in [0.2, 0.25) is 0 Å². The largest absolute Gasteiger partial charge is 0.397 e. The van der Waals surface area contributed by atoms with Gasteiger partial charge in [-0.1, -0.05) is 0 Å². The zero-order valence-corrected chi connectivity index (χ0v) is 12.2. The van der Waals surface area contributed by atoms with Gasteiger partial charge in [-0.15, -0.1) is 0 Å². The first-order chi connectivity index (χ1) is 10.0. The van der Waals surface area contributed by atoms with Gasteiger partial charge in [0.2, 0.25) is 0 Å². The lowest BCUT2D eigenvalue weighted by atomic mass is 10.2. The third-order valence-corrected chi connectivity index (χ3v) is 3.65. The highest BCUT2D eigenvalue weighted by Crippen LogP contribution is 2.28. The highest BCUT2D eigenvalue weighted by molar-refractivity contribution is 9.10. The van der Waals surface area contributed by atoms with Crippen molar-refractivity contribution in [3.63, 3.8) is 0 Å². The molecule has 5 nitrogen and oxygen atoms in total. The van der Waals surface area contributed by atoms with Crippen LogP contribution in [0.3, 0.4) is 0 Å². The maximum absolute atomic E-state index is 13.5. The van der Waals surface area contributed by atoms with Gasteiger partial charge in [-0.25, -0.2) is 9.37 Å². The fraction of sp³-hybridized carbons (Fsp3) is 0. The van der Waals surface area contributed by atoms with Gasteiger partial charge in [-0.3, -0.25) is 4.79 Å². The molecule has 0 amide bonds. The maximum Gasteiger partial charge on any atom is 0.258 e. The van der Waals surface area contributed by atoms with Crippen molar-refractivity contribution in [3.05, 3.63) is 57.3 Å². The summed E-state index contributed by atoms with van der Waals surface area (Å²) in [4.78, 5) is 18.2. The highest BCUT2D eigenvalue weighted by Gasteiger charge is 2.07. The number of benzene rings is 2. The second kappa shape index (κ2) is 5.17. The first-order valence-electron chi connectivity index (χ1n) is 6.03. The first-order valence-corrected chi connectivity index (χ1v) is 6.83. The summed E-state index contributed by atoms with van der Waals surface area (Å²) in [5.74, 6) is -0.381. The lowest BCUT2D eigenvalue weighted by Gasteiger charge is -2.10. The van der Waals surface area contributed by atoms with Crippen molar-refractivity contribution >= 4 is 43.9 Å². The number of nitrogens with zero attached hydrogens (tertiary/aromatic N) is 1. The van der Waals surface area contributed by atoms with Crippen molar-refractivity contribution in [2.24, 2.45) is 0 Å². The van der Waals surface area contributed by atoms with Gasteiger partial charge in [0, 0.05) is 5.69 Å². The molecule has 0 unspecified atom stereocenters. The lowest BCUT2D eigenvalue weighted by Crippen LogP contribution is -2.07. The third kappa shape index (κ3) is 2.59. The zero-order valence-electron chi connectivity index (χ0n) is 10.7. The van der Waals surface area contributed by atoms with Crippen molar-refractivity contribution in [3.8, 4) is 0 Å². The average Bonchev–Trinajstić information content (AvgIpc) is 2.45. The number of hydrogen-bond donors (Lipinski definition) is 3. The van der Waals surface area contributed by atoms with Crippen LogP contribution in [-0.4, -0.2) is 9.97 Å². The van der Waals surface area contributed by atoms with Gasteiger partial charge >= 0.3 is 0 Å². The molecule has 0 aliphatic heterocycles. The summed E-state index contributed by atoms with van der Waals surface area (Å²) in [6.45, 7) is 0. The van der Waals surface area contributed by atoms with Crippen molar-refractivity contribution < 1.29 is 4.39 Å². The summed E-state index contributed by atoms with van der Waals surface area (Å²) in [7, 11) is 0. The van der Waals surface area contributed by atoms with E-state index in [1.165, 1.54) is 12.4 Å². The zero-order chi connectivity index (χ0) is 15.0. The van der Waals surface area contributed by atoms with Crippen LogP contribution in [-0.2, 0) is 0 Å². The Hall–Kier alpha value is -2.41. The Morgan fingerprint density at radius 2 is 2.10 bits per heavy atom. The van der Waals surface area contributed by atoms with E-state index in [-0.39, 0.29) is 11.4 Å². The van der Waals surface area contributed by atoms with Crippen LogP contribution in [0.4, 0.5) is 21.5 Å². The Balaban J connectivity index is 2.06. The monoisotopic (exact) mass is 348 g/mol. The number of nitrogen functional groups attached to an aromatic ring is 1. The summed E-state index contributed by atoms with van der Waals surface area (Å²) in [5.41, 5.74) is 7.66. The minimum atomic E-state index is -0.381.